The highest BCUT2D eigenvalue weighted by atomic mass is 35.5. The predicted molar refractivity (Wildman–Crippen MR) is 119 cm³/mol. The molecule has 1 saturated heterocycles. The van der Waals surface area contributed by atoms with Gasteiger partial charge in [-0.05, 0) is 43.9 Å². The topological polar surface area (TPSA) is 51.0 Å². The molecule has 31 heavy (non-hydrogen) atoms. The summed E-state index contributed by atoms with van der Waals surface area (Å²) < 4.78 is 46.4. The summed E-state index contributed by atoms with van der Waals surface area (Å²) in [6, 6.07) is 4.43. The lowest BCUT2D eigenvalue weighted by Gasteiger charge is -2.18. The van der Waals surface area contributed by atoms with Crippen LogP contribution in [-0.2, 0) is 12.6 Å². The van der Waals surface area contributed by atoms with Crippen LogP contribution in [0.4, 0.5) is 13.2 Å². The van der Waals surface area contributed by atoms with Gasteiger partial charge < -0.3 is 9.84 Å². The Morgan fingerprint density at radius 3 is 2.52 bits per heavy atom. The van der Waals surface area contributed by atoms with Gasteiger partial charge in [-0.1, -0.05) is 62.7 Å². The van der Waals surface area contributed by atoms with Crippen molar-refractivity contribution in [2.45, 2.75) is 83.2 Å². The molecule has 1 aliphatic rings. The number of halogens is 4. The van der Waals surface area contributed by atoms with Crippen LogP contribution in [0.5, 0.6) is 0 Å². The minimum atomic E-state index is -4.40. The first-order valence-electron chi connectivity index (χ1n) is 11.2. The second kappa shape index (κ2) is 12.4. The highest BCUT2D eigenvalue weighted by Gasteiger charge is 2.34. The molecule has 1 aromatic carbocycles. The van der Waals surface area contributed by atoms with Crippen LogP contribution in [-0.4, -0.2) is 23.2 Å². The zero-order chi connectivity index (χ0) is 21.4. The number of aromatic nitrogens is 2. The van der Waals surface area contributed by atoms with E-state index in [0.717, 1.165) is 51.6 Å². The van der Waals surface area contributed by atoms with Gasteiger partial charge in [0.1, 0.15) is 0 Å². The summed E-state index contributed by atoms with van der Waals surface area (Å²) in [5, 5.41) is 7.22. The molecule has 1 aromatic heterocycles. The van der Waals surface area contributed by atoms with E-state index in [1.807, 2.05) is 0 Å². The van der Waals surface area contributed by atoms with Gasteiger partial charge in [0.2, 0.25) is 11.7 Å². The first-order valence-corrected chi connectivity index (χ1v) is 11.2. The number of rotatable bonds is 10. The molecule has 0 aliphatic carbocycles. The van der Waals surface area contributed by atoms with Gasteiger partial charge in [-0.3, -0.25) is 0 Å². The van der Waals surface area contributed by atoms with Crippen molar-refractivity contribution in [3.8, 4) is 11.4 Å². The molecule has 174 valence electrons. The summed E-state index contributed by atoms with van der Waals surface area (Å²) in [5.41, 5.74) is 0.112. The number of nitrogens with zero attached hydrogens (tertiary/aromatic N) is 2. The number of unbranched alkanes of at least 4 members (excludes halogenated alkanes) is 6. The van der Waals surface area contributed by atoms with Gasteiger partial charge in [-0.2, -0.15) is 18.2 Å². The van der Waals surface area contributed by atoms with Crippen molar-refractivity contribution in [3.05, 3.63) is 35.2 Å². The molecule has 0 spiro atoms. The molecule has 0 amide bonds. The molecule has 1 N–H and O–H groups in total. The van der Waals surface area contributed by atoms with E-state index in [-0.39, 0.29) is 24.1 Å². The number of alkyl halides is 3. The fourth-order valence-electron chi connectivity index (χ4n) is 4.05. The third-order valence-corrected chi connectivity index (χ3v) is 5.81. The second-order valence-corrected chi connectivity index (χ2v) is 8.24. The Labute approximate surface area is 188 Å². The zero-order valence-corrected chi connectivity index (χ0v) is 19.0. The van der Waals surface area contributed by atoms with Crippen molar-refractivity contribution in [2.24, 2.45) is 0 Å². The van der Waals surface area contributed by atoms with Crippen LogP contribution in [0, 0.1) is 0 Å². The first kappa shape index (κ1) is 25.7. The Balaban J connectivity index is 0.00000341. The van der Waals surface area contributed by atoms with Crippen LogP contribution in [0.2, 0.25) is 0 Å². The first-order chi connectivity index (χ1) is 14.5. The highest BCUT2D eigenvalue weighted by molar-refractivity contribution is 5.85. The highest BCUT2D eigenvalue weighted by Crippen LogP contribution is 2.35. The van der Waals surface area contributed by atoms with Crippen molar-refractivity contribution >= 4 is 12.4 Å². The van der Waals surface area contributed by atoms with Crippen molar-refractivity contribution in [2.75, 3.05) is 13.1 Å². The van der Waals surface area contributed by atoms with Gasteiger partial charge in [0.05, 0.1) is 11.5 Å². The van der Waals surface area contributed by atoms with E-state index in [4.69, 9.17) is 4.52 Å². The maximum absolute atomic E-state index is 13.7. The summed E-state index contributed by atoms with van der Waals surface area (Å²) in [6.07, 6.45) is 5.63. The third-order valence-electron chi connectivity index (χ3n) is 5.81. The Morgan fingerprint density at radius 1 is 1.10 bits per heavy atom. The lowest BCUT2D eigenvalue weighted by molar-refractivity contribution is -0.138. The summed E-state index contributed by atoms with van der Waals surface area (Å²) in [6.45, 7) is 3.89. The molecule has 4 nitrogen and oxygen atoms in total. The van der Waals surface area contributed by atoms with E-state index in [0.29, 0.717) is 23.4 Å². The number of hydrogen-bond donors (Lipinski definition) is 1. The lowest BCUT2D eigenvalue weighted by Crippen LogP contribution is -2.28. The van der Waals surface area contributed by atoms with Gasteiger partial charge in [0.25, 0.3) is 0 Å². The number of benzene rings is 1. The fraction of sp³-hybridized carbons (Fsp3) is 0.652. The number of hydrogen-bond acceptors (Lipinski definition) is 4. The molecule has 1 fully saturated rings. The van der Waals surface area contributed by atoms with E-state index in [1.54, 1.807) is 12.1 Å². The molecule has 8 heteroatoms. The van der Waals surface area contributed by atoms with Crippen LogP contribution < -0.4 is 5.32 Å². The van der Waals surface area contributed by atoms with Crippen LogP contribution in [0.15, 0.2) is 22.7 Å². The van der Waals surface area contributed by atoms with Gasteiger partial charge in [-0.15, -0.1) is 12.4 Å². The van der Waals surface area contributed by atoms with E-state index >= 15 is 0 Å². The molecule has 3 rings (SSSR count). The Morgan fingerprint density at radius 2 is 1.84 bits per heavy atom. The molecule has 1 unspecified atom stereocenters. The molecule has 2 aromatic rings. The molecule has 0 radical (unpaired) electrons. The number of piperidine rings is 1. The van der Waals surface area contributed by atoms with Crippen LogP contribution >= 0.6 is 12.4 Å². The third kappa shape index (κ3) is 7.49. The van der Waals surface area contributed by atoms with Gasteiger partial charge in [-0.25, -0.2) is 0 Å². The van der Waals surface area contributed by atoms with Crippen LogP contribution in [0.1, 0.15) is 87.6 Å². The lowest BCUT2D eigenvalue weighted by atomic mass is 9.97. The normalized spacial score (nSPS) is 16.8. The SMILES string of the molecule is CCCCCCCCCc1ccc(-c2noc(C3CCCNC3)n2)cc1C(F)(F)F.Cl. The monoisotopic (exact) mass is 459 g/mol. The average molecular weight is 460 g/mol. The summed E-state index contributed by atoms with van der Waals surface area (Å²) in [7, 11) is 0. The molecule has 1 atom stereocenters. The second-order valence-electron chi connectivity index (χ2n) is 8.24. The van der Waals surface area contributed by atoms with Crippen molar-refractivity contribution in [3.63, 3.8) is 0 Å². The standard InChI is InChI=1S/C23H32F3N3O.ClH/c1-2-3-4-5-6-7-8-10-17-12-13-18(15-20(17)23(24,25)26)21-28-22(30-29-21)19-11-9-14-27-16-19;/h12-13,15,19,27H,2-11,14,16H2,1H3;1H. The minimum absolute atomic E-state index is 0. The molecule has 2 heterocycles. The zero-order valence-electron chi connectivity index (χ0n) is 18.1. The molecule has 0 saturated carbocycles. The summed E-state index contributed by atoms with van der Waals surface area (Å²) in [5.74, 6) is 0.847. The maximum Gasteiger partial charge on any atom is 0.416 e. The van der Waals surface area contributed by atoms with Crippen molar-refractivity contribution in [1.29, 1.82) is 0 Å². The minimum Gasteiger partial charge on any atom is -0.339 e. The van der Waals surface area contributed by atoms with E-state index in [2.05, 4.69) is 22.4 Å². The van der Waals surface area contributed by atoms with Gasteiger partial charge >= 0.3 is 6.18 Å². The number of aryl methyl sites for hydroxylation is 1. The van der Waals surface area contributed by atoms with E-state index in [9.17, 15) is 13.2 Å². The Bertz CT molecular complexity index is 789. The Kier molecular flexibility index (Phi) is 10.3. The molecular weight excluding hydrogens is 427 g/mol. The largest absolute Gasteiger partial charge is 0.416 e. The number of nitrogens with one attached hydrogen (secondary N) is 1. The maximum atomic E-state index is 13.7. The Hall–Kier alpha value is -1.60. The van der Waals surface area contributed by atoms with E-state index < -0.39 is 11.7 Å². The van der Waals surface area contributed by atoms with Gasteiger partial charge in [0.15, 0.2) is 0 Å². The quantitative estimate of drug-likeness (QED) is 0.391. The molecule has 0 bridgehead atoms. The van der Waals surface area contributed by atoms with E-state index in [1.165, 1.54) is 25.3 Å². The predicted octanol–water partition coefficient (Wildman–Crippen LogP) is 6.94. The fourth-order valence-corrected chi connectivity index (χ4v) is 4.05. The van der Waals surface area contributed by atoms with Crippen LogP contribution in [0.25, 0.3) is 11.4 Å². The summed E-state index contributed by atoms with van der Waals surface area (Å²) >= 11 is 0. The van der Waals surface area contributed by atoms with Crippen molar-refractivity contribution in [1.82, 2.24) is 15.5 Å². The summed E-state index contributed by atoms with van der Waals surface area (Å²) in [4.78, 5) is 4.38. The van der Waals surface area contributed by atoms with Crippen molar-refractivity contribution < 1.29 is 17.7 Å². The van der Waals surface area contributed by atoms with Gasteiger partial charge in [0, 0.05) is 12.1 Å². The average Bonchev–Trinajstić information content (AvgIpc) is 3.23. The smallest absolute Gasteiger partial charge is 0.339 e. The molecule has 1 aliphatic heterocycles. The molecular formula is C23H33ClF3N3O. The van der Waals surface area contributed by atoms with Crippen LogP contribution in [0.3, 0.4) is 0 Å².